The third kappa shape index (κ3) is 3.24. The van der Waals surface area contributed by atoms with Crippen LogP contribution in [-0.4, -0.2) is 17.3 Å². The highest BCUT2D eigenvalue weighted by molar-refractivity contribution is 5.29. The van der Waals surface area contributed by atoms with Crippen LogP contribution in [0.25, 0.3) is 0 Å². The van der Waals surface area contributed by atoms with E-state index in [1.807, 2.05) is 19.1 Å². The van der Waals surface area contributed by atoms with Crippen molar-refractivity contribution >= 4 is 0 Å². The third-order valence-electron chi connectivity index (χ3n) is 2.97. The van der Waals surface area contributed by atoms with E-state index in [1.54, 1.807) is 0 Å². The van der Waals surface area contributed by atoms with Crippen LogP contribution in [0.4, 0.5) is 0 Å². The molecule has 2 unspecified atom stereocenters. The van der Waals surface area contributed by atoms with Crippen LogP contribution in [0, 0.1) is 0 Å². The van der Waals surface area contributed by atoms with Gasteiger partial charge in [0.05, 0.1) is 12.2 Å². The highest BCUT2D eigenvalue weighted by Gasteiger charge is 2.23. The van der Waals surface area contributed by atoms with E-state index in [0.29, 0.717) is 12.0 Å². The van der Waals surface area contributed by atoms with Gasteiger partial charge in [-0.25, -0.2) is 0 Å². The van der Waals surface area contributed by atoms with Gasteiger partial charge in [-0.3, -0.25) is 0 Å². The van der Waals surface area contributed by atoms with E-state index in [9.17, 15) is 5.11 Å². The van der Waals surface area contributed by atoms with Gasteiger partial charge in [-0.15, -0.1) is 0 Å². The van der Waals surface area contributed by atoms with E-state index in [4.69, 9.17) is 4.74 Å². The minimum absolute atomic E-state index is 0.239. The van der Waals surface area contributed by atoms with Crippen molar-refractivity contribution in [2.24, 2.45) is 0 Å². The minimum atomic E-state index is -0.239. The maximum atomic E-state index is 9.34. The normalized spacial score (nSPS) is 19.2. The molecule has 88 valence electrons. The maximum absolute atomic E-state index is 9.34. The molecule has 2 heteroatoms. The van der Waals surface area contributed by atoms with E-state index in [2.05, 4.69) is 19.1 Å². The van der Waals surface area contributed by atoms with Crippen LogP contribution in [0.3, 0.4) is 0 Å². The molecule has 1 aliphatic carbocycles. The quantitative estimate of drug-likeness (QED) is 0.826. The van der Waals surface area contributed by atoms with Crippen molar-refractivity contribution in [2.75, 3.05) is 0 Å². The molecule has 0 amide bonds. The summed E-state index contributed by atoms with van der Waals surface area (Å²) in [6.45, 7) is 3.98. The molecule has 0 aliphatic heterocycles. The maximum Gasteiger partial charge on any atom is 0.119 e. The molecule has 0 spiro atoms. The van der Waals surface area contributed by atoms with E-state index in [0.717, 1.165) is 12.2 Å². The van der Waals surface area contributed by atoms with Gasteiger partial charge in [0.1, 0.15) is 5.75 Å². The van der Waals surface area contributed by atoms with Crippen LogP contribution >= 0.6 is 0 Å². The summed E-state index contributed by atoms with van der Waals surface area (Å²) in [5, 5.41) is 9.34. The van der Waals surface area contributed by atoms with Gasteiger partial charge < -0.3 is 9.84 Å². The Bertz CT molecular complexity index is 325. The van der Waals surface area contributed by atoms with Crippen molar-refractivity contribution in [3.8, 4) is 5.75 Å². The van der Waals surface area contributed by atoms with Crippen LogP contribution in [0.15, 0.2) is 24.3 Å². The molecule has 2 atom stereocenters. The van der Waals surface area contributed by atoms with Crippen molar-refractivity contribution in [1.29, 1.82) is 0 Å². The van der Waals surface area contributed by atoms with Gasteiger partial charge in [-0.05, 0) is 49.8 Å². The first kappa shape index (κ1) is 11.5. The van der Waals surface area contributed by atoms with Gasteiger partial charge in [0.25, 0.3) is 0 Å². The molecule has 0 saturated heterocycles. The Kier molecular flexibility index (Phi) is 3.49. The Balaban J connectivity index is 1.94. The van der Waals surface area contributed by atoms with Crippen LogP contribution in [0.5, 0.6) is 5.75 Å². The number of hydrogen-bond donors (Lipinski definition) is 1. The standard InChI is InChI=1S/C14H20O2/c1-10(9-11(2)15)12-3-5-13(6-4-12)16-14-7-8-14/h3-6,10-11,14-15H,7-9H2,1-2H3. The molecule has 0 radical (unpaired) electrons. The smallest absolute Gasteiger partial charge is 0.119 e. The summed E-state index contributed by atoms with van der Waals surface area (Å²) in [5.41, 5.74) is 1.27. The highest BCUT2D eigenvalue weighted by atomic mass is 16.5. The van der Waals surface area contributed by atoms with Crippen LogP contribution in [-0.2, 0) is 0 Å². The van der Waals surface area contributed by atoms with Gasteiger partial charge in [0, 0.05) is 0 Å². The lowest BCUT2D eigenvalue weighted by atomic mass is 9.95. The largest absolute Gasteiger partial charge is 0.490 e. The Morgan fingerprint density at radius 3 is 2.38 bits per heavy atom. The van der Waals surface area contributed by atoms with E-state index >= 15 is 0 Å². The fraction of sp³-hybridized carbons (Fsp3) is 0.571. The molecule has 1 aromatic carbocycles. The summed E-state index contributed by atoms with van der Waals surface area (Å²) >= 11 is 0. The molecular weight excluding hydrogens is 200 g/mol. The predicted octanol–water partition coefficient (Wildman–Crippen LogP) is 3.10. The number of hydrogen-bond acceptors (Lipinski definition) is 2. The summed E-state index contributed by atoms with van der Waals surface area (Å²) in [7, 11) is 0. The second kappa shape index (κ2) is 4.88. The predicted molar refractivity (Wildman–Crippen MR) is 64.8 cm³/mol. The first-order valence-electron chi connectivity index (χ1n) is 6.10. The Labute approximate surface area is 97.3 Å². The van der Waals surface area contributed by atoms with Gasteiger partial charge >= 0.3 is 0 Å². The van der Waals surface area contributed by atoms with Gasteiger partial charge in [-0.1, -0.05) is 19.1 Å². The van der Waals surface area contributed by atoms with E-state index in [1.165, 1.54) is 18.4 Å². The van der Waals surface area contributed by atoms with Crippen molar-refractivity contribution in [3.63, 3.8) is 0 Å². The average Bonchev–Trinajstić information content (AvgIpc) is 3.01. The molecule has 2 nitrogen and oxygen atoms in total. The lowest BCUT2D eigenvalue weighted by molar-refractivity contribution is 0.176. The summed E-state index contributed by atoms with van der Waals surface area (Å²) < 4.78 is 5.69. The molecule has 2 rings (SSSR count). The molecule has 0 aromatic heterocycles. The Hall–Kier alpha value is -1.02. The van der Waals surface area contributed by atoms with Crippen LogP contribution < -0.4 is 4.74 Å². The molecule has 1 aromatic rings. The summed E-state index contributed by atoms with van der Waals surface area (Å²) in [6, 6.07) is 8.27. The molecule has 1 aliphatic rings. The fourth-order valence-electron chi connectivity index (χ4n) is 1.90. The Morgan fingerprint density at radius 1 is 1.25 bits per heavy atom. The van der Waals surface area contributed by atoms with E-state index in [-0.39, 0.29) is 6.10 Å². The van der Waals surface area contributed by atoms with E-state index < -0.39 is 0 Å². The topological polar surface area (TPSA) is 29.5 Å². The first-order chi connectivity index (χ1) is 7.65. The summed E-state index contributed by atoms with van der Waals surface area (Å²) in [6.07, 6.45) is 3.42. The lowest BCUT2D eigenvalue weighted by Crippen LogP contribution is -2.05. The molecule has 16 heavy (non-hydrogen) atoms. The molecular formula is C14H20O2. The monoisotopic (exact) mass is 220 g/mol. The number of rotatable bonds is 5. The zero-order valence-corrected chi connectivity index (χ0v) is 10.0. The van der Waals surface area contributed by atoms with Crippen molar-refractivity contribution < 1.29 is 9.84 Å². The van der Waals surface area contributed by atoms with Crippen molar-refractivity contribution in [1.82, 2.24) is 0 Å². The SMILES string of the molecule is CC(O)CC(C)c1ccc(OC2CC2)cc1. The van der Waals surface area contributed by atoms with Crippen molar-refractivity contribution in [2.45, 2.75) is 51.2 Å². The average molecular weight is 220 g/mol. The minimum Gasteiger partial charge on any atom is -0.490 e. The molecule has 0 bridgehead atoms. The third-order valence-corrected chi connectivity index (χ3v) is 2.97. The number of benzene rings is 1. The second-order valence-electron chi connectivity index (χ2n) is 4.87. The number of aliphatic hydroxyl groups excluding tert-OH is 1. The summed E-state index contributed by atoms with van der Waals surface area (Å²) in [4.78, 5) is 0. The molecule has 1 saturated carbocycles. The van der Waals surface area contributed by atoms with Gasteiger partial charge in [0.15, 0.2) is 0 Å². The highest BCUT2D eigenvalue weighted by Crippen LogP contribution is 2.28. The number of aliphatic hydroxyl groups is 1. The first-order valence-corrected chi connectivity index (χ1v) is 6.10. The molecule has 1 N–H and O–H groups in total. The van der Waals surface area contributed by atoms with Crippen LogP contribution in [0.2, 0.25) is 0 Å². The van der Waals surface area contributed by atoms with Gasteiger partial charge in [0.2, 0.25) is 0 Å². The second-order valence-corrected chi connectivity index (χ2v) is 4.87. The fourth-order valence-corrected chi connectivity index (χ4v) is 1.90. The van der Waals surface area contributed by atoms with Crippen LogP contribution in [0.1, 0.15) is 44.6 Å². The summed E-state index contributed by atoms with van der Waals surface area (Å²) in [5.74, 6) is 1.37. The number of ether oxygens (including phenoxy) is 1. The zero-order valence-electron chi connectivity index (χ0n) is 10.0. The lowest BCUT2D eigenvalue weighted by Gasteiger charge is -2.14. The Morgan fingerprint density at radius 2 is 1.88 bits per heavy atom. The zero-order chi connectivity index (χ0) is 11.5. The van der Waals surface area contributed by atoms with Gasteiger partial charge in [-0.2, -0.15) is 0 Å². The molecule has 0 heterocycles. The van der Waals surface area contributed by atoms with Crippen molar-refractivity contribution in [3.05, 3.63) is 29.8 Å². The molecule has 1 fully saturated rings.